The molecule has 0 bridgehead atoms. The molecule has 0 N–H and O–H groups in total. The normalized spacial score (nSPS) is 10.5. The van der Waals surface area contributed by atoms with E-state index in [1.807, 2.05) is 38.1 Å². The van der Waals surface area contributed by atoms with Gasteiger partial charge in [0.2, 0.25) is 0 Å². The monoisotopic (exact) mass is 251 g/mol. The molecule has 72 valence electrons. The first-order chi connectivity index (χ1) is 6.68. The second-order valence-electron chi connectivity index (χ2n) is 3.12. The van der Waals surface area contributed by atoms with Crippen LogP contribution in [0.25, 0.3) is 11.3 Å². The van der Waals surface area contributed by atoms with Crippen molar-refractivity contribution in [2.45, 2.75) is 13.8 Å². The second kappa shape index (κ2) is 3.58. The summed E-state index contributed by atoms with van der Waals surface area (Å²) in [7, 11) is 0. The van der Waals surface area contributed by atoms with Crippen molar-refractivity contribution in [3.05, 3.63) is 40.4 Å². The van der Waals surface area contributed by atoms with E-state index in [9.17, 15) is 0 Å². The highest BCUT2D eigenvalue weighted by atomic mass is 79.9. The quantitative estimate of drug-likeness (QED) is 0.773. The molecule has 0 saturated carbocycles. The zero-order valence-electron chi connectivity index (χ0n) is 8.04. The van der Waals surface area contributed by atoms with E-state index < -0.39 is 0 Å². The third-order valence-electron chi connectivity index (χ3n) is 2.03. The first kappa shape index (κ1) is 9.46. The molecule has 14 heavy (non-hydrogen) atoms. The predicted octanol–water partition coefficient (Wildman–Crippen LogP) is 3.72. The van der Waals surface area contributed by atoms with Gasteiger partial charge in [-0.1, -0.05) is 34.1 Å². The van der Waals surface area contributed by atoms with E-state index in [1.165, 1.54) is 0 Å². The van der Waals surface area contributed by atoms with Crippen molar-refractivity contribution in [3.63, 3.8) is 0 Å². The summed E-state index contributed by atoms with van der Waals surface area (Å²) in [4.78, 5) is 4.34. The number of halogens is 1. The molecule has 2 aromatic rings. The highest BCUT2D eigenvalue weighted by molar-refractivity contribution is 9.10. The van der Waals surface area contributed by atoms with Gasteiger partial charge in [-0.2, -0.15) is 0 Å². The Kier molecular flexibility index (Phi) is 2.42. The molecule has 2 rings (SSSR count). The topological polar surface area (TPSA) is 26.0 Å². The maximum atomic E-state index is 5.39. The Morgan fingerprint density at radius 1 is 1.21 bits per heavy atom. The summed E-state index contributed by atoms with van der Waals surface area (Å²) >= 11 is 3.49. The van der Waals surface area contributed by atoms with Crippen LogP contribution in [-0.2, 0) is 0 Å². The van der Waals surface area contributed by atoms with Gasteiger partial charge < -0.3 is 4.42 Å². The summed E-state index contributed by atoms with van der Waals surface area (Å²) in [5, 5.41) is 0. The van der Waals surface area contributed by atoms with Gasteiger partial charge in [-0.15, -0.1) is 0 Å². The highest BCUT2D eigenvalue weighted by Crippen LogP contribution is 2.29. The summed E-state index contributed by atoms with van der Waals surface area (Å²) < 4.78 is 6.43. The summed E-state index contributed by atoms with van der Waals surface area (Å²) in [6.45, 7) is 3.78. The molecule has 0 aliphatic heterocycles. The van der Waals surface area contributed by atoms with Crippen molar-refractivity contribution >= 4 is 15.9 Å². The fraction of sp³-hybridized carbons (Fsp3) is 0.182. The number of rotatable bonds is 1. The highest BCUT2D eigenvalue weighted by Gasteiger charge is 2.10. The summed E-state index contributed by atoms with van der Waals surface area (Å²) in [5.74, 6) is 1.56. The minimum absolute atomic E-state index is 0.702. The van der Waals surface area contributed by atoms with Crippen molar-refractivity contribution in [2.75, 3.05) is 0 Å². The van der Waals surface area contributed by atoms with Gasteiger partial charge in [-0.3, -0.25) is 0 Å². The van der Waals surface area contributed by atoms with Crippen LogP contribution < -0.4 is 0 Å². The standard InChI is InChI=1S/C11H10BrNO/c1-7-11(13-8(2)14-7)9-5-3-4-6-10(9)12/h3-6H,1-2H3. The largest absolute Gasteiger partial charge is 0.446 e. The van der Waals surface area contributed by atoms with Gasteiger partial charge in [0.25, 0.3) is 0 Å². The Labute approximate surface area is 91.1 Å². The molecule has 0 amide bonds. The third-order valence-corrected chi connectivity index (χ3v) is 2.72. The molecule has 3 heteroatoms. The van der Waals surface area contributed by atoms with E-state index in [4.69, 9.17) is 4.42 Å². The molecule has 0 saturated heterocycles. The molecule has 0 atom stereocenters. The number of oxazole rings is 1. The van der Waals surface area contributed by atoms with Crippen LogP contribution in [0.2, 0.25) is 0 Å². The van der Waals surface area contributed by atoms with Crippen LogP contribution in [0.4, 0.5) is 0 Å². The van der Waals surface area contributed by atoms with E-state index in [1.54, 1.807) is 0 Å². The van der Waals surface area contributed by atoms with Gasteiger partial charge in [0.05, 0.1) is 0 Å². The first-order valence-electron chi connectivity index (χ1n) is 4.37. The zero-order chi connectivity index (χ0) is 10.1. The van der Waals surface area contributed by atoms with Crippen molar-refractivity contribution < 1.29 is 4.42 Å². The second-order valence-corrected chi connectivity index (χ2v) is 3.97. The molecule has 0 radical (unpaired) electrons. The van der Waals surface area contributed by atoms with Crippen LogP contribution in [0.15, 0.2) is 33.2 Å². The number of hydrogen-bond donors (Lipinski definition) is 0. The van der Waals surface area contributed by atoms with Crippen LogP contribution in [0, 0.1) is 13.8 Å². The van der Waals surface area contributed by atoms with E-state index in [2.05, 4.69) is 20.9 Å². The molecule has 0 aliphatic rings. The van der Waals surface area contributed by atoms with Crippen LogP contribution >= 0.6 is 15.9 Å². The maximum Gasteiger partial charge on any atom is 0.191 e. The van der Waals surface area contributed by atoms with Crippen LogP contribution in [0.1, 0.15) is 11.7 Å². The van der Waals surface area contributed by atoms with Crippen molar-refractivity contribution in [1.82, 2.24) is 4.98 Å². The number of nitrogens with zero attached hydrogens (tertiary/aromatic N) is 1. The molecule has 0 unspecified atom stereocenters. The molecule has 1 aromatic carbocycles. The molecular weight excluding hydrogens is 242 g/mol. The van der Waals surface area contributed by atoms with Gasteiger partial charge in [0.15, 0.2) is 5.89 Å². The summed E-state index contributed by atoms with van der Waals surface area (Å²) in [6.07, 6.45) is 0. The SMILES string of the molecule is Cc1nc(-c2ccccc2Br)c(C)o1. The number of benzene rings is 1. The number of hydrogen-bond acceptors (Lipinski definition) is 2. The Hall–Kier alpha value is -1.09. The Bertz CT molecular complexity index is 462. The lowest BCUT2D eigenvalue weighted by atomic mass is 10.1. The van der Waals surface area contributed by atoms with Gasteiger partial charge >= 0.3 is 0 Å². The van der Waals surface area contributed by atoms with E-state index in [0.717, 1.165) is 21.5 Å². The predicted molar refractivity (Wildman–Crippen MR) is 59.1 cm³/mol. The summed E-state index contributed by atoms with van der Waals surface area (Å²) in [6, 6.07) is 7.99. The fourth-order valence-electron chi connectivity index (χ4n) is 1.43. The van der Waals surface area contributed by atoms with Gasteiger partial charge in [-0.05, 0) is 13.0 Å². The van der Waals surface area contributed by atoms with E-state index in [0.29, 0.717) is 5.89 Å². The van der Waals surface area contributed by atoms with Crippen molar-refractivity contribution in [1.29, 1.82) is 0 Å². The molecule has 0 aliphatic carbocycles. The smallest absolute Gasteiger partial charge is 0.191 e. The van der Waals surface area contributed by atoms with Gasteiger partial charge in [0.1, 0.15) is 11.5 Å². The fourth-order valence-corrected chi connectivity index (χ4v) is 1.90. The van der Waals surface area contributed by atoms with Crippen molar-refractivity contribution in [2.24, 2.45) is 0 Å². The summed E-state index contributed by atoms with van der Waals surface area (Å²) in [5.41, 5.74) is 1.98. The van der Waals surface area contributed by atoms with Gasteiger partial charge in [0, 0.05) is 17.0 Å². The lowest BCUT2D eigenvalue weighted by Gasteiger charge is -1.99. The molecule has 0 fully saturated rings. The lowest BCUT2D eigenvalue weighted by Crippen LogP contribution is -1.82. The molecule has 0 spiro atoms. The van der Waals surface area contributed by atoms with E-state index in [-0.39, 0.29) is 0 Å². The Morgan fingerprint density at radius 3 is 2.50 bits per heavy atom. The molecule has 2 nitrogen and oxygen atoms in total. The molecular formula is C11H10BrNO. The minimum atomic E-state index is 0.702. The zero-order valence-corrected chi connectivity index (χ0v) is 9.63. The average Bonchev–Trinajstić information content (AvgIpc) is 2.46. The Balaban J connectivity index is 2.60. The maximum absolute atomic E-state index is 5.39. The Morgan fingerprint density at radius 2 is 1.93 bits per heavy atom. The molecule has 1 heterocycles. The van der Waals surface area contributed by atoms with Crippen LogP contribution in [0.3, 0.4) is 0 Å². The minimum Gasteiger partial charge on any atom is -0.446 e. The van der Waals surface area contributed by atoms with Crippen LogP contribution in [-0.4, -0.2) is 4.98 Å². The number of aryl methyl sites for hydroxylation is 2. The first-order valence-corrected chi connectivity index (χ1v) is 5.16. The van der Waals surface area contributed by atoms with E-state index >= 15 is 0 Å². The third kappa shape index (κ3) is 1.60. The average molecular weight is 252 g/mol. The van der Waals surface area contributed by atoms with Crippen LogP contribution in [0.5, 0.6) is 0 Å². The van der Waals surface area contributed by atoms with Gasteiger partial charge in [-0.25, -0.2) is 4.98 Å². The lowest BCUT2D eigenvalue weighted by molar-refractivity contribution is 0.495. The number of aromatic nitrogens is 1. The van der Waals surface area contributed by atoms with Crippen molar-refractivity contribution in [3.8, 4) is 11.3 Å². The molecule has 1 aromatic heterocycles.